The first-order valence-electron chi connectivity index (χ1n) is 6.81. The van der Waals surface area contributed by atoms with Gasteiger partial charge in [-0.1, -0.05) is 64.6 Å². The molecule has 0 saturated heterocycles. The maximum Gasteiger partial charge on any atom is 0.393 e. The lowest BCUT2D eigenvalue weighted by molar-refractivity contribution is -0.585. The van der Waals surface area contributed by atoms with E-state index in [1.807, 2.05) is 0 Å². The lowest BCUT2D eigenvalue weighted by atomic mass is 9.86. The molecular formula is C13H6Cl6N2O7. The van der Waals surface area contributed by atoms with Crippen LogP contribution in [0.2, 0.25) is 0 Å². The molecule has 0 amide bonds. The number of hydrogen-bond acceptors (Lipinski definition) is 6. The Kier molecular flexibility index (Phi) is 5.95. The molecule has 1 aromatic rings. The van der Waals surface area contributed by atoms with Gasteiger partial charge in [0.25, 0.3) is 4.33 Å². The van der Waals surface area contributed by atoms with Gasteiger partial charge in [-0.05, 0) is 35.3 Å². The van der Waals surface area contributed by atoms with Crippen molar-refractivity contribution in [3.8, 4) is 5.75 Å². The van der Waals surface area contributed by atoms with Crippen molar-refractivity contribution in [1.82, 2.24) is 0 Å². The van der Waals surface area contributed by atoms with Crippen molar-refractivity contribution in [2.75, 3.05) is 0 Å². The Labute approximate surface area is 185 Å². The molecular weight excluding hydrogens is 509 g/mol. The van der Waals surface area contributed by atoms with Crippen LogP contribution >= 0.6 is 69.6 Å². The highest BCUT2D eigenvalue weighted by molar-refractivity contribution is 6.64. The first-order chi connectivity index (χ1) is 12.7. The largest absolute Gasteiger partial charge is 0.478 e. The average Bonchev–Trinajstić information content (AvgIpc) is 2.58. The molecule has 0 bridgehead atoms. The Morgan fingerprint density at radius 1 is 0.964 bits per heavy atom. The van der Waals surface area contributed by atoms with Gasteiger partial charge in [-0.2, -0.15) is 0 Å². The molecule has 1 aliphatic carbocycles. The summed E-state index contributed by atoms with van der Waals surface area (Å²) in [5.41, 5.74) is -1.38. The molecule has 0 heterocycles. The molecule has 2 rings (SSSR count). The number of carboxylic acids is 1. The molecule has 0 aliphatic heterocycles. The molecule has 152 valence electrons. The van der Waals surface area contributed by atoms with Gasteiger partial charge in [-0.15, -0.1) is 0 Å². The number of ether oxygens (including phenoxy) is 1. The van der Waals surface area contributed by atoms with E-state index in [0.717, 1.165) is 0 Å². The number of alkyl halides is 6. The van der Waals surface area contributed by atoms with Crippen LogP contribution in [0, 0.1) is 20.2 Å². The maximum absolute atomic E-state index is 11.8. The Balaban J connectivity index is 3.02. The summed E-state index contributed by atoms with van der Waals surface area (Å²) in [6, 6.07) is 6.97. The van der Waals surface area contributed by atoms with Crippen molar-refractivity contribution in [3.63, 3.8) is 0 Å². The van der Waals surface area contributed by atoms with Crippen LogP contribution in [0.3, 0.4) is 0 Å². The standard InChI is InChI=1S/C13H6Cl6N2O7/c14-10(15)7(9(22)23)8(28-6-4-2-1-3-5-6)11(16,20(24)25)12(17,18)13(10,19)21(26)27/h1-5H,(H,22,23). The van der Waals surface area contributed by atoms with Crippen LogP contribution in [-0.4, -0.2) is 39.6 Å². The van der Waals surface area contributed by atoms with Crippen LogP contribution in [0.25, 0.3) is 0 Å². The third kappa shape index (κ3) is 2.88. The highest BCUT2D eigenvalue weighted by atomic mass is 35.5. The Morgan fingerprint density at radius 3 is 1.86 bits per heavy atom. The van der Waals surface area contributed by atoms with Crippen LogP contribution in [-0.2, 0) is 4.79 Å². The summed E-state index contributed by atoms with van der Waals surface area (Å²) < 4.78 is -1.36. The number of carbonyl (C=O) groups is 1. The zero-order valence-electron chi connectivity index (χ0n) is 12.9. The van der Waals surface area contributed by atoms with E-state index in [2.05, 4.69) is 0 Å². The number of nitro groups is 2. The van der Waals surface area contributed by atoms with Crippen LogP contribution < -0.4 is 4.74 Å². The average molecular weight is 515 g/mol. The van der Waals surface area contributed by atoms with Crippen molar-refractivity contribution in [3.05, 3.63) is 61.9 Å². The van der Waals surface area contributed by atoms with Gasteiger partial charge in [-0.3, -0.25) is 20.2 Å². The number of benzene rings is 1. The fraction of sp³-hybridized carbons (Fsp3) is 0.308. The zero-order valence-corrected chi connectivity index (χ0v) is 17.5. The minimum Gasteiger partial charge on any atom is -0.478 e. The molecule has 28 heavy (non-hydrogen) atoms. The first kappa shape index (κ1) is 23.1. The van der Waals surface area contributed by atoms with E-state index in [1.165, 1.54) is 24.3 Å². The van der Waals surface area contributed by atoms with E-state index in [4.69, 9.17) is 74.3 Å². The fourth-order valence-corrected chi connectivity index (χ4v) is 4.65. The monoisotopic (exact) mass is 512 g/mol. The third-order valence-electron chi connectivity index (χ3n) is 3.77. The fourth-order valence-electron chi connectivity index (χ4n) is 2.42. The van der Waals surface area contributed by atoms with Crippen LogP contribution in [0.4, 0.5) is 0 Å². The second kappa shape index (κ2) is 7.23. The third-order valence-corrected chi connectivity index (χ3v) is 7.67. The van der Waals surface area contributed by atoms with Gasteiger partial charge in [0, 0.05) is 0 Å². The highest BCUT2D eigenvalue weighted by Gasteiger charge is 2.90. The normalized spacial score (nSPS) is 28.5. The Hall–Kier alpha value is -1.23. The van der Waals surface area contributed by atoms with Crippen molar-refractivity contribution < 1.29 is 24.5 Å². The summed E-state index contributed by atoms with van der Waals surface area (Å²) in [7, 11) is 0. The van der Waals surface area contributed by atoms with Crippen molar-refractivity contribution >= 4 is 75.6 Å². The van der Waals surface area contributed by atoms with Crippen LogP contribution in [0.5, 0.6) is 5.75 Å². The molecule has 0 fully saturated rings. The van der Waals surface area contributed by atoms with Crippen LogP contribution in [0.15, 0.2) is 41.7 Å². The number of rotatable bonds is 5. The predicted octanol–water partition coefficient (Wildman–Crippen LogP) is 4.19. The van der Waals surface area contributed by atoms with Gasteiger partial charge in [0.1, 0.15) is 11.3 Å². The number of carboxylic acid groups (broad SMARTS) is 1. The topological polar surface area (TPSA) is 133 Å². The van der Waals surface area contributed by atoms with Gasteiger partial charge in [-0.25, -0.2) is 4.79 Å². The second-order valence-corrected chi connectivity index (χ2v) is 9.08. The number of halogens is 6. The minimum atomic E-state index is -3.57. The number of hydrogen-bond donors (Lipinski definition) is 1. The molecule has 1 aromatic carbocycles. The van der Waals surface area contributed by atoms with Gasteiger partial charge in [0.15, 0.2) is 0 Å². The van der Waals surface area contributed by atoms with E-state index >= 15 is 0 Å². The molecule has 2 unspecified atom stereocenters. The van der Waals surface area contributed by atoms with Crippen molar-refractivity contribution in [1.29, 1.82) is 0 Å². The highest BCUT2D eigenvalue weighted by Crippen LogP contribution is 2.66. The Morgan fingerprint density at radius 2 is 1.46 bits per heavy atom. The molecule has 2 atom stereocenters. The van der Waals surface area contributed by atoms with Crippen molar-refractivity contribution in [2.45, 2.75) is 18.7 Å². The molecule has 0 aromatic heterocycles. The number of aliphatic carboxylic acids is 1. The van der Waals surface area contributed by atoms with E-state index < -0.39 is 45.8 Å². The molecule has 0 saturated carbocycles. The van der Waals surface area contributed by atoms with Crippen LogP contribution in [0.1, 0.15) is 0 Å². The van der Waals surface area contributed by atoms with Crippen molar-refractivity contribution in [2.24, 2.45) is 0 Å². The van der Waals surface area contributed by atoms with E-state index in [9.17, 15) is 30.1 Å². The second-order valence-electron chi connectivity index (χ2n) is 5.33. The molecule has 0 spiro atoms. The quantitative estimate of drug-likeness (QED) is 0.269. The van der Waals surface area contributed by atoms with E-state index in [-0.39, 0.29) is 5.75 Å². The van der Waals surface area contributed by atoms with Gasteiger partial charge >= 0.3 is 16.0 Å². The summed E-state index contributed by atoms with van der Waals surface area (Å²) in [6.45, 7) is 0. The molecule has 1 N–H and O–H groups in total. The zero-order chi connectivity index (χ0) is 21.7. The van der Waals surface area contributed by atoms with Gasteiger partial charge < -0.3 is 9.84 Å². The minimum absolute atomic E-state index is 0.153. The lowest BCUT2D eigenvalue weighted by Crippen LogP contribution is -2.74. The van der Waals surface area contributed by atoms with Gasteiger partial charge in [0.2, 0.25) is 10.1 Å². The SMILES string of the molecule is O=C(O)C1=C(Oc2ccccc2)C(Cl)([N+](=O)[O-])C(Cl)(Cl)C(Cl)([N+](=O)[O-])C1(Cl)Cl. The summed E-state index contributed by atoms with van der Waals surface area (Å²) in [5, 5.41) is 33.0. The lowest BCUT2D eigenvalue weighted by Gasteiger charge is -2.45. The predicted molar refractivity (Wildman–Crippen MR) is 102 cm³/mol. The summed E-state index contributed by atoms with van der Waals surface area (Å²) in [6.07, 6.45) is 0. The molecule has 9 nitrogen and oxygen atoms in total. The number of para-hydroxylation sites is 1. The molecule has 15 heteroatoms. The Bertz CT molecular complexity index is 893. The molecule has 1 aliphatic rings. The first-order valence-corrected chi connectivity index (χ1v) is 9.08. The van der Waals surface area contributed by atoms with E-state index in [1.54, 1.807) is 6.07 Å². The molecule has 0 radical (unpaired) electrons. The smallest absolute Gasteiger partial charge is 0.393 e. The summed E-state index contributed by atoms with van der Waals surface area (Å²) in [5.74, 6) is -3.44. The number of nitrogens with zero attached hydrogens (tertiary/aromatic N) is 2. The maximum atomic E-state index is 11.8. The summed E-state index contributed by atoms with van der Waals surface area (Å²) >= 11 is 35.6. The van der Waals surface area contributed by atoms with E-state index in [0.29, 0.717) is 0 Å². The van der Waals surface area contributed by atoms with Gasteiger partial charge in [0.05, 0.1) is 9.85 Å². The summed E-state index contributed by atoms with van der Waals surface area (Å²) in [4.78, 5) is 25.4.